The average molecular weight is 102 g/mol. The molecule has 0 heterocycles. The Morgan fingerprint density at radius 2 is 2.57 bits per heavy atom. The Morgan fingerprint density at radius 3 is 2.71 bits per heavy atom. The van der Waals surface area contributed by atoms with Gasteiger partial charge in [0.1, 0.15) is 6.61 Å². The zero-order valence-electron chi connectivity index (χ0n) is 4.23. The van der Waals surface area contributed by atoms with Crippen LogP contribution >= 0.6 is 0 Å². The van der Waals surface area contributed by atoms with Crippen LogP contribution in [0.25, 0.3) is 0 Å². The standard InChI is InChI=1S/C4H8NO2/c1-5-4(6)3-7-2/h2-3H2,1H3,(H,5,6). The van der Waals surface area contributed by atoms with Crippen LogP contribution in [-0.2, 0) is 9.53 Å². The van der Waals surface area contributed by atoms with Gasteiger partial charge in [-0.15, -0.1) is 0 Å². The van der Waals surface area contributed by atoms with Gasteiger partial charge < -0.3 is 10.1 Å². The van der Waals surface area contributed by atoms with Gasteiger partial charge >= 0.3 is 0 Å². The topological polar surface area (TPSA) is 38.3 Å². The van der Waals surface area contributed by atoms with Gasteiger partial charge in [0.25, 0.3) is 0 Å². The van der Waals surface area contributed by atoms with Gasteiger partial charge in [0.15, 0.2) is 0 Å². The lowest BCUT2D eigenvalue weighted by molar-refractivity contribution is -0.123. The van der Waals surface area contributed by atoms with Gasteiger partial charge in [0.05, 0.1) is 7.11 Å². The highest BCUT2D eigenvalue weighted by molar-refractivity contribution is 5.76. The maximum absolute atomic E-state index is 10.1. The van der Waals surface area contributed by atoms with E-state index >= 15 is 0 Å². The molecule has 1 amide bonds. The average Bonchev–Trinajstić information content (AvgIpc) is 1.68. The Labute approximate surface area is 42.7 Å². The fourth-order valence-corrected chi connectivity index (χ4v) is 0.165. The third kappa shape index (κ3) is 3.26. The fourth-order valence-electron chi connectivity index (χ4n) is 0.165. The normalized spacial score (nSPS) is 8.29. The van der Waals surface area contributed by atoms with Gasteiger partial charge in [-0.1, -0.05) is 0 Å². The summed E-state index contributed by atoms with van der Waals surface area (Å²) in [4.78, 5) is 10.1. The van der Waals surface area contributed by atoms with Crippen molar-refractivity contribution < 1.29 is 9.53 Å². The monoisotopic (exact) mass is 102 g/mol. The van der Waals surface area contributed by atoms with E-state index < -0.39 is 0 Å². The quantitative estimate of drug-likeness (QED) is 0.512. The van der Waals surface area contributed by atoms with E-state index in [9.17, 15) is 4.79 Å². The lowest BCUT2D eigenvalue weighted by atomic mass is 10.7. The molecule has 1 radical (unpaired) electrons. The summed E-state index contributed by atoms with van der Waals surface area (Å²) in [6, 6.07) is 0. The van der Waals surface area contributed by atoms with Crippen molar-refractivity contribution in [2.24, 2.45) is 0 Å². The van der Waals surface area contributed by atoms with Gasteiger partial charge in [-0.3, -0.25) is 4.79 Å². The molecule has 41 valence electrons. The highest BCUT2D eigenvalue weighted by Crippen LogP contribution is 1.65. The molecule has 3 heteroatoms. The van der Waals surface area contributed by atoms with Crippen molar-refractivity contribution in [3.05, 3.63) is 7.11 Å². The molecule has 0 aliphatic rings. The highest BCUT2D eigenvalue weighted by Gasteiger charge is 1.90. The number of likely N-dealkylation sites (N-methyl/N-ethyl adjacent to an activating group) is 1. The first-order chi connectivity index (χ1) is 3.31. The van der Waals surface area contributed by atoms with Crippen molar-refractivity contribution in [2.45, 2.75) is 0 Å². The second-order valence-electron chi connectivity index (χ2n) is 1.02. The van der Waals surface area contributed by atoms with Crippen LogP contribution < -0.4 is 5.32 Å². The molecule has 1 N–H and O–H groups in total. The summed E-state index contributed by atoms with van der Waals surface area (Å²) in [6.07, 6.45) is 0. The van der Waals surface area contributed by atoms with E-state index in [1.165, 1.54) is 0 Å². The van der Waals surface area contributed by atoms with Crippen LogP contribution in [0.2, 0.25) is 0 Å². The molecular formula is C4H8NO2. The minimum absolute atomic E-state index is 0.0382. The molecule has 0 aliphatic heterocycles. The van der Waals surface area contributed by atoms with Crippen LogP contribution in [0.3, 0.4) is 0 Å². The van der Waals surface area contributed by atoms with Crippen LogP contribution in [0.1, 0.15) is 0 Å². The van der Waals surface area contributed by atoms with Gasteiger partial charge in [-0.05, 0) is 0 Å². The lowest BCUT2D eigenvalue weighted by Gasteiger charge is -1.92. The maximum Gasteiger partial charge on any atom is 0.245 e. The third-order valence-corrected chi connectivity index (χ3v) is 0.512. The second kappa shape index (κ2) is 3.61. The minimum Gasteiger partial charge on any atom is -0.369 e. The molecular weight excluding hydrogens is 94.0 g/mol. The fraction of sp³-hybridized carbons (Fsp3) is 0.500. The Kier molecular flexibility index (Phi) is 3.32. The van der Waals surface area contributed by atoms with E-state index in [1.54, 1.807) is 7.05 Å². The van der Waals surface area contributed by atoms with Crippen LogP contribution in [0.15, 0.2) is 0 Å². The Hall–Kier alpha value is -0.570. The van der Waals surface area contributed by atoms with Crippen LogP contribution in [-0.4, -0.2) is 19.6 Å². The number of hydrogen-bond acceptors (Lipinski definition) is 2. The summed E-state index contributed by atoms with van der Waals surface area (Å²) in [7, 11) is 4.56. The number of hydrogen-bond donors (Lipinski definition) is 1. The number of amides is 1. The molecule has 0 aliphatic carbocycles. The number of rotatable bonds is 2. The van der Waals surface area contributed by atoms with Gasteiger partial charge in [-0.25, -0.2) is 0 Å². The molecule has 0 atom stereocenters. The first kappa shape index (κ1) is 6.43. The third-order valence-electron chi connectivity index (χ3n) is 0.512. The summed E-state index contributed by atoms with van der Waals surface area (Å²) in [5.74, 6) is -0.157. The summed E-state index contributed by atoms with van der Waals surface area (Å²) in [6.45, 7) is 0.0382. The Bertz CT molecular complexity index is 62.7. The van der Waals surface area contributed by atoms with Gasteiger partial charge in [-0.2, -0.15) is 0 Å². The molecule has 0 saturated carbocycles. The molecule has 0 rings (SSSR count). The van der Waals surface area contributed by atoms with E-state index in [4.69, 9.17) is 0 Å². The summed E-state index contributed by atoms with van der Waals surface area (Å²) in [5.41, 5.74) is 0. The van der Waals surface area contributed by atoms with Crippen molar-refractivity contribution in [1.29, 1.82) is 0 Å². The Morgan fingerprint density at radius 1 is 2.00 bits per heavy atom. The van der Waals surface area contributed by atoms with Crippen molar-refractivity contribution in [2.75, 3.05) is 13.7 Å². The molecule has 0 bridgehead atoms. The zero-order valence-corrected chi connectivity index (χ0v) is 4.23. The molecule has 0 aromatic heterocycles. The summed E-state index contributed by atoms with van der Waals surface area (Å²) < 4.78 is 4.23. The second-order valence-corrected chi connectivity index (χ2v) is 1.02. The highest BCUT2D eigenvalue weighted by atomic mass is 16.5. The first-order valence-corrected chi connectivity index (χ1v) is 1.89. The number of nitrogens with one attached hydrogen (secondary N) is 1. The van der Waals surface area contributed by atoms with Crippen molar-refractivity contribution in [3.63, 3.8) is 0 Å². The van der Waals surface area contributed by atoms with E-state index in [0.29, 0.717) is 0 Å². The number of carbonyl (C=O) groups excluding carboxylic acids is 1. The van der Waals surface area contributed by atoms with E-state index in [0.717, 1.165) is 0 Å². The van der Waals surface area contributed by atoms with Crippen molar-refractivity contribution in [1.82, 2.24) is 5.32 Å². The summed E-state index contributed by atoms with van der Waals surface area (Å²) >= 11 is 0. The SMILES string of the molecule is [CH2]OCC(=O)NC. The number of carbonyl (C=O) groups is 1. The molecule has 0 aromatic rings. The maximum atomic E-state index is 10.1. The van der Waals surface area contributed by atoms with E-state index in [-0.39, 0.29) is 12.5 Å². The molecule has 0 spiro atoms. The van der Waals surface area contributed by atoms with E-state index in [2.05, 4.69) is 17.2 Å². The lowest BCUT2D eigenvalue weighted by Crippen LogP contribution is -2.21. The Balaban J connectivity index is 3.00. The number of ether oxygens (including phenoxy) is 1. The molecule has 7 heavy (non-hydrogen) atoms. The van der Waals surface area contributed by atoms with Gasteiger partial charge in [0.2, 0.25) is 5.91 Å². The molecule has 3 nitrogen and oxygen atoms in total. The van der Waals surface area contributed by atoms with Crippen LogP contribution in [0.5, 0.6) is 0 Å². The molecule has 0 saturated heterocycles. The minimum atomic E-state index is -0.157. The predicted molar refractivity (Wildman–Crippen MR) is 25.4 cm³/mol. The van der Waals surface area contributed by atoms with Gasteiger partial charge in [0, 0.05) is 7.05 Å². The van der Waals surface area contributed by atoms with Crippen LogP contribution in [0.4, 0.5) is 0 Å². The van der Waals surface area contributed by atoms with Crippen molar-refractivity contribution >= 4 is 5.91 Å². The first-order valence-electron chi connectivity index (χ1n) is 1.89. The molecule has 0 aromatic carbocycles. The summed E-state index contributed by atoms with van der Waals surface area (Å²) in [5, 5.41) is 2.36. The van der Waals surface area contributed by atoms with Crippen LogP contribution in [0, 0.1) is 7.11 Å². The smallest absolute Gasteiger partial charge is 0.245 e. The predicted octanol–water partition coefficient (Wildman–Crippen LogP) is -0.459. The zero-order chi connectivity index (χ0) is 5.70. The van der Waals surface area contributed by atoms with Crippen molar-refractivity contribution in [3.8, 4) is 0 Å². The molecule has 0 unspecified atom stereocenters. The molecule has 0 fully saturated rings. The largest absolute Gasteiger partial charge is 0.369 e. The van der Waals surface area contributed by atoms with E-state index in [1.807, 2.05) is 0 Å².